The molecule has 2 amide bonds. The molecule has 0 bridgehead atoms. The summed E-state index contributed by atoms with van der Waals surface area (Å²) in [5.74, 6) is 0.0316. The molecule has 0 unspecified atom stereocenters. The van der Waals surface area contributed by atoms with Gasteiger partial charge in [-0.15, -0.1) is 0 Å². The van der Waals surface area contributed by atoms with E-state index in [-0.39, 0.29) is 11.8 Å². The highest BCUT2D eigenvalue weighted by Gasteiger charge is 2.10. The van der Waals surface area contributed by atoms with Crippen LogP contribution >= 0.6 is 0 Å². The van der Waals surface area contributed by atoms with Gasteiger partial charge in [0.15, 0.2) is 0 Å². The highest BCUT2D eigenvalue weighted by Crippen LogP contribution is 2.18. The van der Waals surface area contributed by atoms with Gasteiger partial charge in [-0.25, -0.2) is 0 Å². The Morgan fingerprint density at radius 1 is 0.630 bits per heavy atom. The highest BCUT2D eigenvalue weighted by atomic mass is 16.2. The molecule has 3 aromatic carbocycles. The fraction of sp³-hybridized carbons (Fsp3) is 0.130. The van der Waals surface area contributed by atoms with Crippen LogP contribution in [0.25, 0.3) is 0 Å². The van der Waals surface area contributed by atoms with Crippen LogP contribution in [0.15, 0.2) is 78.9 Å². The molecule has 0 radical (unpaired) electrons. The van der Waals surface area contributed by atoms with Gasteiger partial charge in [-0.1, -0.05) is 44.2 Å². The number of carbonyl (C=O) groups excluding carboxylic acids is 2. The summed E-state index contributed by atoms with van der Waals surface area (Å²) in [6, 6.07) is 23.7. The predicted molar refractivity (Wildman–Crippen MR) is 109 cm³/mol. The van der Waals surface area contributed by atoms with Crippen molar-refractivity contribution in [2.45, 2.75) is 19.8 Å². The number of para-hydroxylation sites is 1. The van der Waals surface area contributed by atoms with E-state index in [2.05, 4.69) is 24.5 Å². The van der Waals surface area contributed by atoms with Gasteiger partial charge in [0.1, 0.15) is 0 Å². The van der Waals surface area contributed by atoms with Gasteiger partial charge in [0, 0.05) is 22.5 Å². The van der Waals surface area contributed by atoms with Crippen LogP contribution in [-0.2, 0) is 0 Å². The van der Waals surface area contributed by atoms with Gasteiger partial charge in [-0.2, -0.15) is 0 Å². The number of amides is 2. The van der Waals surface area contributed by atoms with Crippen molar-refractivity contribution in [1.29, 1.82) is 0 Å². The van der Waals surface area contributed by atoms with Gasteiger partial charge in [-0.05, 0) is 60.0 Å². The fourth-order valence-corrected chi connectivity index (χ4v) is 2.65. The van der Waals surface area contributed by atoms with E-state index in [0.717, 1.165) is 11.4 Å². The maximum Gasteiger partial charge on any atom is 0.255 e. The molecular formula is C23H22N2O2. The molecule has 4 nitrogen and oxygen atoms in total. The number of hydrogen-bond donors (Lipinski definition) is 2. The third kappa shape index (κ3) is 4.82. The maximum atomic E-state index is 12.4. The molecule has 0 aromatic heterocycles. The Balaban J connectivity index is 1.64. The van der Waals surface area contributed by atoms with E-state index < -0.39 is 0 Å². The van der Waals surface area contributed by atoms with Crippen molar-refractivity contribution >= 4 is 23.2 Å². The first-order valence-electron chi connectivity index (χ1n) is 8.91. The Hall–Kier alpha value is -3.40. The number of carbonyl (C=O) groups is 2. The van der Waals surface area contributed by atoms with Crippen molar-refractivity contribution in [1.82, 2.24) is 0 Å². The molecule has 0 atom stereocenters. The first-order chi connectivity index (χ1) is 13.0. The first-order valence-corrected chi connectivity index (χ1v) is 8.91. The van der Waals surface area contributed by atoms with Gasteiger partial charge >= 0.3 is 0 Å². The molecule has 0 aliphatic rings. The molecule has 27 heavy (non-hydrogen) atoms. The summed E-state index contributed by atoms with van der Waals surface area (Å²) < 4.78 is 0. The third-order valence-electron chi connectivity index (χ3n) is 4.28. The lowest BCUT2D eigenvalue weighted by atomic mass is 10.0. The Labute approximate surface area is 159 Å². The van der Waals surface area contributed by atoms with Crippen molar-refractivity contribution in [3.05, 3.63) is 95.6 Å². The van der Waals surface area contributed by atoms with Crippen molar-refractivity contribution in [2.75, 3.05) is 10.6 Å². The van der Waals surface area contributed by atoms with E-state index >= 15 is 0 Å². The minimum Gasteiger partial charge on any atom is -0.322 e. The normalized spacial score (nSPS) is 10.5. The van der Waals surface area contributed by atoms with Crippen LogP contribution in [-0.4, -0.2) is 11.8 Å². The number of anilines is 2. The SMILES string of the molecule is CC(C)c1ccc(NC(=O)c2ccc(C(=O)Nc3ccccc3)cc2)cc1. The van der Waals surface area contributed by atoms with Gasteiger partial charge < -0.3 is 10.6 Å². The molecule has 0 heterocycles. The van der Waals surface area contributed by atoms with Gasteiger partial charge in [-0.3, -0.25) is 9.59 Å². The summed E-state index contributed by atoms with van der Waals surface area (Å²) in [5.41, 5.74) is 3.70. The average Bonchev–Trinajstić information content (AvgIpc) is 2.69. The lowest BCUT2D eigenvalue weighted by Gasteiger charge is -2.09. The molecule has 3 rings (SSSR count). The van der Waals surface area contributed by atoms with Crippen LogP contribution in [0.3, 0.4) is 0 Å². The summed E-state index contributed by atoms with van der Waals surface area (Å²) >= 11 is 0. The lowest BCUT2D eigenvalue weighted by molar-refractivity contribution is 0.101. The summed E-state index contributed by atoms with van der Waals surface area (Å²) in [4.78, 5) is 24.7. The quantitative estimate of drug-likeness (QED) is 0.649. The van der Waals surface area contributed by atoms with Crippen LogP contribution in [0.4, 0.5) is 11.4 Å². The fourth-order valence-electron chi connectivity index (χ4n) is 2.65. The Morgan fingerprint density at radius 3 is 1.52 bits per heavy atom. The zero-order valence-electron chi connectivity index (χ0n) is 15.4. The molecule has 0 aliphatic carbocycles. The number of benzene rings is 3. The molecule has 3 aromatic rings. The van der Waals surface area contributed by atoms with Crippen molar-refractivity contribution < 1.29 is 9.59 Å². The molecule has 0 saturated heterocycles. The van der Waals surface area contributed by atoms with E-state index in [1.165, 1.54) is 5.56 Å². The molecular weight excluding hydrogens is 336 g/mol. The Morgan fingerprint density at radius 2 is 1.07 bits per heavy atom. The Bertz CT molecular complexity index is 915. The summed E-state index contributed by atoms with van der Waals surface area (Å²) in [6.45, 7) is 4.26. The zero-order valence-corrected chi connectivity index (χ0v) is 15.4. The van der Waals surface area contributed by atoms with Crippen LogP contribution in [0.2, 0.25) is 0 Å². The van der Waals surface area contributed by atoms with Gasteiger partial charge in [0.05, 0.1) is 0 Å². The highest BCUT2D eigenvalue weighted by molar-refractivity contribution is 6.07. The topological polar surface area (TPSA) is 58.2 Å². The molecule has 2 N–H and O–H groups in total. The average molecular weight is 358 g/mol. The standard InChI is InChI=1S/C23H22N2O2/c1-16(2)17-12-14-21(15-13-17)25-23(27)19-10-8-18(9-11-19)22(26)24-20-6-4-3-5-7-20/h3-16H,1-2H3,(H,24,26)(H,25,27). The van der Waals surface area contributed by atoms with E-state index in [0.29, 0.717) is 17.0 Å². The van der Waals surface area contributed by atoms with E-state index in [4.69, 9.17) is 0 Å². The summed E-state index contributed by atoms with van der Waals surface area (Å²) in [7, 11) is 0. The van der Waals surface area contributed by atoms with Crippen molar-refractivity contribution in [2.24, 2.45) is 0 Å². The zero-order chi connectivity index (χ0) is 19.2. The van der Waals surface area contributed by atoms with Crippen LogP contribution in [0, 0.1) is 0 Å². The smallest absolute Gasteiger partial charge is 0.255 e. The van der Waals surface area contributed by atoms with Crippen molar-refractivity contribution in [3.63, 3.8) is 0 Å². The predicted octanol–water partition coefficient (Wildman–Crippen LogP) is 5.31. The Kier molecular flexibility index (Phi) is 5.67. The second-order valence-electron chi connectivity index (χ2n) is 6.63. The number of rotatable bonds is 5. The molecule has 0 spiro atoms. The second kappa shape index (κ2) is 8.32. The maximum absolute atomic E-state index is 12.4. The minimum absolute atomic E-state index is 0.206. The van der Waals surface area contributed by atoms with E-state index in [9.17, 15) is 9.59 Å². The molecule has 0 saturated carbocycles. The van der Waals surface area contributed by atoms with Crippen molar-refractivity contribution in [3.8, 4) is 0 Å². The van der Waals surface area contributed by atoms with Gasteiger partial charge in [0.2, 0.25) is 0 Å². The number of nitrogens with one attached hydrogen (secondary N) is 2. The third-order valence-corrected chi connectivity index (χ3v) is 4.28. The minimum atomic E-state index is -0.211. The second-order valence-corrected chi connectivity index (χ2v) is 6.63. The van der Waals surface area contributed by atoms with Crippen LogP contribution in [0.5, 0.6) is 0 Å². The molecule has 136 valence electrons. The van der Waals surface area contributed by atoms with E-state index in [1.54, 1.807) is 24.3 Å². The summed E-state index contributed by atoms with van der Waals surface area (Å²) in [5, 5.41) is 5.69. The van der Waals surface area contributed by atoms with Crippen LogP contribution < -0.4 is 10.6 Å². The van der Waals surface area contributed by atoms with Crippen LogP contribution in [0.1, 0.15) is 46.0 Å². The largest absolute Gasteiger partial charge is 0.322 e. The molecule has 0 aliphatic heterocycles. The summed E-state index contributed by atoms with van der Waals surface area (Å²) in [6.07, 6.45) is 0. The monoisotopic (exact) mass is 358 g/mol. The van der Waals surface area contributed by atoms with Gasteiger partial charge in [0.25, 0.3) is 11.8 Å². The van der Waals surface area contributed by atoms with E-state index in [1.807, 2.05) is 54.6 Å². The first kappa shape index (κ1) is 18.4. The number of hydrogen-bond acceptors (Lipinski definition) is 2. The molecule has 4 heteroatoms. The molecule has 0 fully saturated rings. The lowest BCUT2D eigenvalue weighted by Crippen LogP contribution is -2.14.